The van der Waals surface area contributed by atoms with Gasteiger partial charge in [0.1, 0.15) is 5.82 Å². The van der Waals surface area contributed by atoms with Gasteiger partial charge in [-0.05, 0) is 61.4 Å². The molecule has 1 aromatic carbocycles. The summed E-state index contributed by atoms with van der Waals surface area (Å²) in [5.41, 5.74) is 0.903. The second-order valence-electron chi connectivity index (χ2n) is 8.52. The van der Waals surface area contributed by atoms with Gasteiger partial charge in [-0.2, -0.15) is 0 Å². The monoisotopic (exact) mass is 411 g/mol. The van der Waals surface area contributed by atoms with Gasteiger partial charge in [-0.3, -0.25) is 4.79 Å². The van der Waals surface area contributed by atoms with E-state index >= 15 is 0 Å². The summed E-state index contributed by atoms with van der Waals surface area (Å²) in [6.45, 7) is 6.43. The van der Waals surface area contributed by atoms with Crippen LogP contribution in [-0.2, 0) is 11.3 Å². The van der Waals surface area contributed by atoms with Crippen LogP contribution in [0.25, 0.3) is 0 Å². The first-order chi connectivity index (χ1) is 14.6. The third-order valence-corrected chi connectivity index (χ3v) is 6.31. The topological polar surface area (TPSA) is 61.4 Å². The van der Waals surface area contributed by atoms with Crippen LogP contribution >= 0.6 is 0 Å². The molecule has 4 rings (SSSR count). The lowest BCUT2D eigenvalue weighted by molar-refractivity contribution is -0.125. The lowest BCUT2D eigenvalue weighted by Crippen LogP contribution is -2.40. The molecule has 0 bridgehead atoms. The zero-order valence-electron chi connectivity index (χ0n) is 17.6. The number of nitrogens with zero attached hydrogens (tertiary/aromatic N) is 4. The van der Waals surface area contributed by atoms with Gasteiger partial charge in [-0.25, -0.2) is 4.39 Å². The van der Waals surface area contributed by atoms with Crippen molar-refractivity contribution in [2.75, 3.05) is 36.0 Å². The fourth-order valence-corrected chi connectivity index (χ4v) is 4.20. The predicted octanol–water partition coefficient (Wildman–Crippen LogP) is 3.38. The molecule has 30 heavy (non-hydrogen) atoms. The third kappa shape index (κ3) is 5.07. The van der Waals surface area contributed by atoms with Gasteiger partial charge in [0.05, 0.1) is 0 Å². The normalized spacial score (nSPS) is 18.5. The molecule has 1 N–H and O–H groups in total. The van der Waals surface area contributed by atoms with E-state index in [0.29, 0.717) is 6.54 Å². The third-order valence-electron chi connectivity index (χ3n) is 6.31. The number of halogens is 1. The van der Waals surface area contributed by atoms with E-state index in [-0.39, 0.29) is 17.6 Å². The van der Waals surface area contributed by atoms with Crippen LogP contribution in [-0.4, -0.2) is 42.3 Å². The smallest absolute Gasteiger partial charge is 0.223 e. The average Bonchev–Trinajstić information content (AvgIpc) is 2.79. The molecule has 1 aromatic heterocycles. The Bertz CT molecular complexity index is 826. The molecule has 0 radical (unpaired) electrons. The fourth-order valence-electron chi connectivity index (χ4n) is 4.20. The summed E-state index contributed by atoms with van der Waals surface area (Å²) in [5, 5.41) is 11.9. The van der Waals surface area contributed by atoms with Crippen molar-refractivity contribution in [2.24, 2.45) is 11.8 Å². The standard InChI is InChI=1S/C23H30FN5O/c1-17-8-12-28(13-9-17)21-6-7-22(27-26-21)29-14-10-19(11-15-29)23(30)25-16-18-2-4-20(24)5-3-18/h2-7,17,19H,8-16H2,1H3,(H,25,30). The molecule has 7 heteroatoms. The molecule has 2 saturated heterocycles. The predicted molar refractivity (Wildman–Crippen MR) is 116 cm³/mol. The largest absolute Gasteiger partial charge is 0.355 e. The highest BCUT2D eigenvalue weighted by atomic mass is 19.1. The van der Waals surface area contributed by atoms with E-state index < -0.39 is 0 Å². The van der Waals surface area contributed by atoms with Crippen LogP contribution in [0.4, 0.5) is 16.0 Å². The summed E-state index contributed by atoms with van der Waals surface area (Å²) in [6, 6.07) is 10.3. The molecule has 0 saturated carbocycles. The Morgan fingerprint density at radius 1 is 0.933 bits per heavy atom. The van der Waals surface area contributed by atoms with Gasteiger partial charge in [0.25, 0.3) is 0 Å². The fraction of sp³-hybridized carbons (Fsp3) is 0.522. The summed E-state index contributed by atoms with van der Waals surface area (Å²) in [4.78, 5) is 17.0. The van der Waals surface area contributed by atoms with E-state index in [1.807, 2.05) is 0 Å². The van der Waals surface area contributed by atoms with Crippen molar-refractivity contribution in [3.05, 3.63) is 47.8 Å². The number of carbonyl (C=O) groups excluding carboxylic acids is 1. The highest BCUT2D eigenvalue weighted by molar-refractivity contribution is 5.79. The minimum Gasteiger partial charge on any atom is -0.355 e. The number of hydrogen-bond acceptors (Lipinski definition) is 5. The molecule has 0 aliphatic carbocycles. The molecule has 160 valence electrons. The highest BCUT2D eigenvalue weighted by Crippen LogP contribution is 2.25. The molecule has 2 fully saturated rings. The Hall–Kier alpha value is -2.70. The molecule has 6 nitrogen and oxygen atoms in total. The molecular weight excluding hydrogens is 381 g/mol. The summed E-state index contributed by atoms with van der Waals surface area (Å²) in [5.74, 6) is 2.45. The Morgan fingerprint density at radius 3 is 2.00 bits per heavy atom. The molecule has 1 amide bonds. The van der Waals surface area contributed by atoms with Gasteiger partial charge in [0.15, 0.2) is 11.6 Å². The summed E-state index contributed by atoms with van der Waals surface area (Å²) in [6.07, 6.45) is 4.01. The van der Waals surface area contributed by atoms with E-state index in [1.54, 1.807) is 12.1 Å². The zero-order chi connectivity index (χ0) is 20.9. The maximum absolute atomic E-state index is 13.0. The first-order valence-electron chi connectivity index (χ1n) is 10.9. The van der Waals surface area contributed by atoms with Gasteiger partial charge < -0.3 is 15.1 Å². The van der Waals surface area contributed by atoms with Gasteiger partial charge in [-0.15, -0.1) is 10.2 Å². The number of anilines is 2. The zero-order valence-corrected chi connectivity index (χ0v) is 17.6. The Labute approximate surface area is 177 Å². The number of piperidine rings is 2. The van der Waals surface area contributed by atoms with Crippen molar-refractivity contribution in [2.45, 2.75) is 39.2 Å². The van der Waals surface area contributed by atoms with Crippen molar-refractivity contribution in [1.29, 1.82) is 0 Å². The van der Waals surface area contributed by atoms with Crippen LogP contribution < -0.4 is 15.1 Å². The van der Waals surface area contributed by atoms with Gasteiger partial charge in [0.2, 0.25) is 5.91 Å². The van der Waals surface area contributed by atoms with Crippen LogP contribution in [0, 0.1) is 17.7 Å². The lowest BCUT2D eigenvalue weighted by Gasteiger charge is -2.33. The summed E-state index contributed by atoms with van der Waals surface area (Å²) in [7, 11) is 0. The van der Waals surface area contributed by atoms with Crippen LogP contribution in [0.3, 0.4) is 0 Å². The van der Waals surface area contributed by atoms with Gasteiger partial charge in [0, 0.05) is 38.6 Å². The number of hydrogen-bond donors (Lipinski definition) is 1. The first-order valence-corrected chi connectivity index (χ1v) is 10.9. The first kappa shape index (κ1) is 20.6. The van der Waals surface area contributed by atoms with Gasteiger partial charge >= 0.3 is 0 Å². The highest BCUT2D eigenvalue weighted by Gasteiger charge is 2.26. The molecule has 2 aromatic rings. The summed E-state index contributed by atoms with van der Waals surface area (Å²) < 4.78 is 13.0. The minimum atomic E-state index is -0.265. The molecule has 3 heterocycles. The van der Waals surface area contributed by atoms with Crippen LogP contribution in [0.15, 0.2) is 36.4 Å². The Balaban J connectivity index is 1.24. The molecule has 0 atom stereocenters. The summed E-state index contributed by atoms with van der Waals surface area (Å²) >= 11 is 0. The van der Waals surface area contributed by atoms with Crippen LogP contribution in [0.1, 0.15) is 38.2 Å². The molecular formula is C23H30FN5O. The average molecular weight is 412 g/mol. The van der Waals surface area contributed by atoms with Crippen LogP contribution in [0.2, 0.25) is 0 Å². The van der Waals surface area contributed by atoms with E-state index in [4.69, 9.17) is 0 Å². The maximum atomic E-state index is 13.0. The van der Waals surface area contributed by atoms with E-state index in [0.717, 1.165) is 62.1 Å². The number of amides is 1. The lowest BCUT2D eigenvalue weighted by atomic mass is 9.96. The second-order valence-corrected chi connectivity index (χ2v) is 8.52. The van der Waals surface area contributed by atoms with Crippen molar-refractivity contribution >= 4 is 17.5 Å². The number of nitrogens with one attached hydrogen (secondary N) is 1. The number of carbonyl (C=O) groups is 1. The number of benzene rings is 1. The Morgan fingerprint density at radius 2 is 1.47 bits per heavy atom. The molecule has 0 spiro atoms. The van der Waals surface area contributed by atoms with E-state index in [2.05, 4.69) is 44.4 Å². The minimum absolute atomic E-state index is 0.00395. The van der Waals surface area contributed by atoms with Gasteiger partial charge in [-0.1, -0.05) is 19.1 Å². The molecule has 2 aliphatic heterocycles. The number of rotatable bonds is 5. The SMILES string of the molecule is CC1CCN(c2ccc(N3CCC(C(=O)NCc4ccc(F)cc4)CC3)nn2)CC1. The van der Waals surface area contributed by atoms with Crippen LogP contribution in [0.5, 0.6) is 0 Å². The van der Waals surface area contributed by atoms with E-state index in [9.17, 15) is 9.18 Å². The van der Waals surface area contributed by atoms with Crippen molar-refractivity contribution in [3.63, 3.8) is 0 Å². The van der Waals surface area contributed by atoms with E-state index in [1.165, 1.54) is 25.0 Å². The quantitative estimate of drug-likeness (QED) is 0.817. The van der Waals surface area contributed by atoms with Crippen molar-refractivity contribution in [3.8, 4) is 0 Å². The molecule has 0 unspecified atom stereocenters. The van der Waals surface area contributed by atoms with Crippen molar-refractivity contribution in [1.82, 2.24) is 15.5 Å². The number of aromatic nitrogens is 2. The Kier molecular flexibility index (Phi) is 6.45. The van der Waals surface area contributed by atoms with Crippen molar-refractivity contribution < 1.29 is 9.18 Å². The maximum Gasteiger partial charge on any atom is 0.223 e. The second kappa shape index (κ2) is 9.41. The molecule has 2 aliphatic rings.